The van der Waals surface area contributed by atoms with E-state index in [9.17, 15) is 9.59 Å². The highest BCUT2D eigenvalue weighted by Crippen LogP contribution is 2.21. The highest BCUT2D eigenvalue weighted by atomic mass is 79.9. The molecular formula is C24H19BrN4O3. The summed E-state index contributed by atoms with van der Waals surface area (Å²) >= 11 is 3.33. The van der Waals surface area contributed by atoms with E-state index in [0.717, 1.165) is 15.6 Å². The molecule has 0 radical (unpaired) electrons. The summed E-state index contributed by atoms with van der Waals surface area (Å²) in [5.74, 6) is -0.325. The number of ether oxygens (including phenoxy) is 1. The predicted molar refractivity (Wildman–Crippen MR) is 125 cm³/mol. The molecule has 0 aliphatic rings. The van der Waals surface area contributed by atoms with Gasteiger partial charge in [-0.05, 0) is 64.0 Å². The van der Waals surface area contributed by atoms with Crippen molar-refractivity contribution in [1.82, 2.24) is 5.43 Å². The average molecular weight is 491 g/mol. The number of carbonyl (C=O) groups excluding carboxylic acids is 2. The molecule has 0 aliphatic heterocycles. The Morgan fingerprint density at radius 3 is 2.47 bits per heavy atom. The van der Waals surface area contributed by atoms with Gasteiger partial charge in [0.25, 0.3) is 0 Å². The van der Waals surface area contributed by atoms with Gasteiger partial charge in [-0.3, -0.25) is 9.59 Å². The summed E-state index contributed by atoms with van der Waals surface area (Å²) in [7, 11) is 0. The number of hydrazone groups is 1. The van der Waals surface area contributed by atoms with Gasteiger partial charge in [-0.25, -0.2) is 5.43 Å². The number of hydrogen-bond acceptors (Lipinski definition) is 5. The molecule has 0 atom stereocenters. The van der Waals surface area contributed by atoms with Gasteiger partial charge in [-0.2, -0.15) is 10.4 Å². The van der Waals surface area contributed by atoms with Gasteiger partial charge in [0.2, 0.25) is 11.8 Å². The third kappa shape index (κ3) is 6.79. The maximum Gasteiger partial charge on any atom is 0.249 e. The lowest BCUT2D eigenvalue weighted by Gasteiger charge is -2.07. The van der Waals surface area contributed by atoms with E-state index in [-0.39, 0.29) is 13.0 Å². The van der Waals surface area contributed by atoms with Gasteiger partial charge in [0.1, 0.15) is 18.8 Å². The molecule has 3 aromatic carbocycles. The van der Waals surface area contributed by atoms with E-state index in [2.05, 4.69) is 37.8 Å². The molecule has 7 nitrogen and oxygen atoms in total. The van der Waals surface area contributed by atoms with Crippen molar-refractivity contribution in [1.29, 1.82) is 5.26 Å². The number of nitrogens with one attached hydrogen (secondary N) is 2. The second-order valence-corrected chi connectivity index (χ2v) is 7.48. The van der Waals surface area contributed by atoms with Crippen LogP contribution >= 0.6 is 15.9 Å². The van der Waals surface area contributed by atoms with Crippen LogP contribution in [0.3, 0.4) is 0 Å². The van der Waals surface area contributed by atoms with Crippen LogP contribution in [0.15, 0.2) is 82.4 Å². The maximum absolute atomic E-state index is 12.0. The fourth-order valence-corrected chi connectivity index (χ4v) is 3.07. The third-order valence-electron chi connectivity index (χ3n) is 4.28. The molecule has 2 amide bonds. The Balaban J connectivity index is 1.45. The van der Waals surface area contributed by atoms with E-state index in [1.54, 1.807) is 48.5 Å². The zero-order valence-corrected chi connectivity index (χ0v) is 18.5. The van der Waals surface area contributed by atoms with Crippen LogP contribution in [-0.4, -0.2) is 18.0 Å². The van der Waals surface area contributed by atoms with Gasteiger partial charge in [-0.1, -0.05) is 30.3 Å². The summed E-state index contributed by atoms with van der Waals surface area (Å²) in [6.45, 7) is 0.287. The van der Waals surface area contributed by atoms with Crippen molar-refractivity contribution in [3.8, 4) is 11.8 Å². The Morgan fingerprint density at radius 2 is 1.72 bits per heavy atom. The van der Waals surface area contributed by atoms with E-state index in [1.165, 1.54) is 6.21 Å². The molecule has 2 N–H and O–H groups in total. The molecule has 0 heterocycles. The number of amides is 2. The number of hydrogen-bond donors (Lipinski definition) is 2. The minimum atomic E-state index is -0.526. The number of halogens is 1. The minimum absolute atomic E-state index is 0.287. The van der Waals surface area contributed by atoms with Crippen LogP contribution in [0.4, 0.5) is 5.69 Å². The lowest BCUT2D eigenvalue weighted by atomic mass is 10.1. The van der Waals surface area contributed by atoms with E-state index in [1.807, 2.05) is 24.3 Å². The lowest BCUT2D eigenvalue weighted by molar-refractivity contribution is -0.126. The standard InChI is InChI=1S/C24H19BrN4O3/c25-21-7-3-4-8-22(21)28-23(30)13-24(31)29-27-15-17-9-11-20(12-10-17)32-16-19-6-2-1-5-18(19)14-26/h1-12,15H,13,16H2,(H,28,30)(H,29,31). The number of carbonyl (C=O) groups is 2. The summed E-state index contributed by atoms with van der Waals surface area (Å²) in [4.78, 5) is 23.9. The second-order valence-electron chi connectivity index (χ2n) is 6.62. The van der Waals surface area contributed by atoms with Crippen LogP contribution in [0.25, 0.3) is 0 Å². The van der Waals surface area contributed by atoms with Crippen molar-refractivity contribution >= 4 is 39.6 Å². The molecule has 0 aliphatic carbocycles. The molecule has 0 aromatic heterocycles. The van der Waals surface area contributed by atoms with Crippen molar-refractivity contribution in [2.45, 2.75) is 13.0 Å². The molecule has 32 heavy (non-hydrogen) atoms. The fourth-order valence-electron chi connectivity index (χ4n) is 2.69. The number of rotatable bonds is 8. The lowest BCUT2D eigenvalue weighted by Crippen LogP contribution is -2.24. The van der Waals surface area contributed by atoms with E-state index >= 15 is 0 Å². The van der Waals surface area contributed by atoms with Crippen LogP contribution < -0.4 is 15.5 Å². The smallest absolute Gasteiger partial charge is 0.249 e. The monoisotopic (exact) mass is 490 g/mol. The summed E-state index contributed by atoms with van der Waals surface area (Å²) in [6.07, 6.45) is 1.12. The quantitative estimate of drug-likeness (QED) is 0.277. The SMILES string of the molecule is N#Cc1ccccc1COc1ccc(C=NNC(=O)CC(=O)Nc2ccccc2Br)cc1. The Kier molecular flexibility index (Phi) is 8.12. The normalized spacial score (nSPS) is 10.4. The minimum Gasteiger partial charge on any atom is -0.489 e. The molecule has 3 aromatic rings. The Labute approximate surface area is 193 Å². The summed E-state index contributed by atoms with van der Waals surface area (Å²) in [5.41, 5.74) is 5.06. The number of para-hydroxylation sites is 1. The van der Waals surface area contributed by atoms with Gasteiger partial charge in [0.15, 0.2) is 0 Å². The average Bonchev–Trinajstić information content (AvgIpc) is 2.80. The number of benzene rings is 3. The molecular weight excluding hydrogens is 472 g/mol. The van der Waals surface area contributed by atoms with Crippen molar-refractivity contribution in [2.75, 3.05) is 5.32 Å². The van der Waals surface area contributed by atoms with Crippen LogP contribution in [0, 0.1) is 11.3 Å². The molecule has 0 saturated heterocycles. The second kappa shape index (κ2) is 11.4. The van der Waals surface area contributed by atoms with Crippen LogP contribution in [0.5, 0.6) is 5.75 Å². The molecule has 8 heteroatoms. The maximum atomic E-state index is 12.0. The first kappa shape index (κ1) is 22.7. The Morgan fingerprint density at radius 1 is 1.00 bits per heavy atom. The van der Waals surface area contributed by atoms with E-state index < -0.39 is 11.8 Å². The van der Waals surface area contributed by atoms with Crippen LogP contribution in [-0.2, 0) is 16.2 Å². The topological polar surface area (TPSA) is 104 Å². The molecule has 0 spiro atoms. The highest BCUT2D eigenvalue weighted by molar-refractivity contribution is 9.10. The van der Waals surface area contributed by atoms with Gasteiger partial charge in [0.05, 0.1) is 23.5 Å². The Hall–Kier alpha value is -3.96. The first-order valence-corrected chi connectivity index (χ1v) is 10.4. The Bertz CT molecular complexity index is 1170. The van der Waals surface area contributed by atoms with Crippen molar-refractivity contribution < 1.29 is 14.3 Å². The fraction of sp³-hybridized carbons (Fsp3) is 0.0833. The molecule has 160 valence electrons. The third-order valence-corrected chi connectivity index (χ3v) is 4.98. The van der Waals surface area contributed by atoms with Gasteiger partial charge in [-0.15, -0.1) is 0 Å². The molecule has 0 unspecified atom stereocenters. The summed E-state index contributed by atoms with van der Waals surface area (Å²) in [5, 5.41) is 15.7. The molecule has 0 fully saturated rings. The highest BCUT2D eigenvalue weighted by Gasteiger charge is 2.10. The van der Waals surface area contributed by atoms with Crippen LogP contribution in [0.1, 0.15) is 23.1 Å². The van der Waals surface area contributed by atoms with Crippen molar-refractivity contribution in [3.05, 3.63) is 94.0 Å². The zero-order valence-electron chi connectivity index (χ0n) is 16.9. The van der Waals surface area contributed by atoms with E-state index in [0.29, 0.717) is 17.0 Å². The predicted octanol–water partition coefficient (Wildman–Crippen LogP) is 4.38. The zero-order chi connectivity index (χ0) is 22.8. The summed E-state index contributed by atoms with van der Waals surface area (Å²) < 4.78 is 6.45. The summed E-state index contributed by atoms with van der Waals surface area (Å²) in [6, 6.07) is 23.6. The van der Waals surface area contributed by atoms with Crippen molar-refractivity contribution in [2.24, 2.45) is 5.10 Å². The molecule has 0 bridgehead atoms. The van der Waals surface area contributed by atoms with Crippen molar-refractivity contribution in [3.63, 3.8) is 0 Å². The first-order chi connectivity index (χ1) is 15.5. The van der Waals surface area contributed by atoms with Gasteiger partial charge in [0, 0.05) is 10.0 Å². The number of nitrogens with zero attached hydrogens (tertiary/aromatic N) is 2. The molecule has 0 saturated carbocycles. The van der Waals surface area contributed by atoms with E-state index in [4.69, 9.17) is 10.00 Å². The van der Waals surface area contributed by atoms with Crippen LogP contribution in [0.2, 0.25) is 0 Å². The van der Waals surface area contributed by atoms with Gasteiger partial charge < -0.3 is 10.1 Å². The first-order valence-electron chi connectivity index (χ1n) is 9.62. The largest absolute Gasteiger partial charge is 0.489 e. The van der Waals surface area contributed by atoms with Gasteiger partial charge >= 0.3 is 0 Å². The molecule has 3 rings (SSSR count). The number of nitriles is 1. The number of anilines is 1.